The maximum atomic E-state index is 12.1. The van der Waals surface area contributed by atoms with Gasteiger partial charge in [-0.3, -0.25) is 4.79 Å². The number of hydrogen-bond donors (Lipinski definition) is 1. The number of carbonyl (C=O) groups excluding carboxylic acids is 1. The van der Waals surface area contributed by atoms with Crippen LogP contribution in [0.2, 0.25) is 0 Å². The maximum Gasteiger partial charge on any atom is 0.230 e. The molecule has 26 heavy (non-hydrogen) atoms. The van der Waals surface area contributed by atoms with Gasteiger partial charge in [0.15, 0.2) is 17.1 Å². The number of nitrogens with zero attached hydrogens (tertiary/aromatic N) is 3. The third kappa shape index (κ3) is 5.01. The molecule has 8 heteroatoms. The molecule has 0 aliphatic heterocycles. The second kappa shape index (κ2) is 8.90. The smallest absolute Gasteiger partial charge is 0.230 e. The number of nitrogens with one attached hydrogen (secondary N) is 1. The Hall–Kier alpha value is -1.54. The van der Waals surface area contributed by atoms with E-state index in [0.717, 1.165) is 28.9 Å². The summed E-state index contributed by atoms with van der Waals surface area (Å²) in [6.07, 6.45) is 4.36. The first-order chi connectivity index (χ1) is 12.5. The molecule has 1 aliphatic carbocycles. The average Bonchev–Trinajstić information content (AvgIpc) is 3.25. The largest absolute Gasteiger partial charge is 0.483 e. The van der Waals surface area contributed by atoms with Crippen molar-refractivity contribution >= 4 is 33.6 Å². The van der Waals surface area contributed by atoms with E-state index in [9.17, 15) is 4.79 Å². The van der Waals surface area contributed by atoms with Gasteiger partial charge < -0.3 is 14.6 Å². The molecule has 1 fully saturated rings. The summed E-state index contributed by atoms with van der Waals surface area (Å²) >= 11 is 4.81. The summed E-state index contributed by atoms with van der Waals surface area (Å²) in [6.45, 7) is 1.94. The molecule has 1 atom stereocenters. The molecular formula is C18H23BrN4O2S. The summed E-state index contributed by atoms with van der Waals surface area (Å²) in [4.78, 5) is 12.1. The third-order valence-corrected chi connectivity index (χ3v) is 5.96. The van der Waals surface area contributed by atoms with Crippen LogP contribution in [0, 0.1) is 0 Å². The van der Waals surface area contributed by atoms with Gasteiger partial charge in [-0.25, -0.2) is 0 Å². The highest BCUT2D eigenvalue weighted by Gasteiger charge is 2.20. The van der Waals surface area contributed by atoms with Gasteiger partial charge in [0, 0.05) is 17.6 Å². The summed E-state index contributed by atoms with van der Waals surface area (Å²) in [5.41, 5.74) is 0. The molecule has 0 bridgehead atoms. The van der Waals surface area contributed by atoms with Gasteiger partial charge in [0.25, 0.3) is 0 Å². The minimum atomic E-state index is -0.240. The fourth-order valence-electron chi connectivity index (χ4n) is 3.05. The van der Waals surface area contributed by atoms with Gasteiger partial charge in [-0.1, -0.05) is 40.5 Å². The lowest BCUT2D eigenvalue weighted by Crippen LogP contribution is -2.33. The first-order valence-electron chi connectivity index (χ1n) is 8.76. The maximum absolute atomic E-state index is 12.1. The lowest BCUT2D eigenvalue weighted by Gasteiger charge is -2.14. The van der Waals surface area contributed by atoms with E-state index in [1.54, 1.807) is 0 Å². The van der Waals surface area contributed by atoms with Crippen molar-refractivity contribution in [1.29, 1.82) is 0 Å². The van der Waals surface area contributed by atoms with Crippen molar-refractivity contribution < 1.29 is 9.53 Å². The number of amides is 1. The van der Waals surface area contributed by atoms with Gasteiger partial charge >= 0.3 is 0 Å². The SMILES string of the molecule is C[C@@H](Oc1ccc(Br)cc1)c1nnc(SCC(=O)NC2CCCC2)n1C. The van der Waals surface area contributed by atoms with E-state index < -0.39 is 0 Å². The lowest BCUT2D eigenvalue weighted by atomic mass is 10.2. The Morgan fingerprint density at radius 2 is 2.04 bits per heavy atom. The Labute approximate surface area is 166 Å². The zero-order chi connectivity index (χ0) is 18.5. The van der Waals surface area contributed by atoms with Crippen LogP contribution in [0.3, 0.4) is 0 Å². The Bertz CT molecular complexity index is 744. The molecule has 0 saturated heterocycles. The second-order valence-corrected chi connectivity index (χ2v) is 8.31. The fraction of sp³-hybridized carbons (Fsp3) is 0.500. The number of rotatable bonds is 7. The minimum Gasteiger partial charge on any atom is -0.483 e. The van der Waals surface area contributed by atoms with Crippen molar-refractivity contribution in [2.24, 2.45) is 7.05 Å². The van der Waals surface area contributed by atoms with E-state index in [1.165, 1.54) is 24.6 Å². The van der Waals surface area contributed by atoms with E-state index in [-0.39, 0.29) is 12.0 Å². The van der Waals surface area contributed by atoms with Crippen molar-refractivity contribution in [3.8, 4) is 5.75 Å². The summed E-state index contributed by atoms with van der Waals surface area (Å²) < 4.78 is 8.82. The van der Waals surface area contributed by atoms with Gasteiger partial charge in [-0.05, 0) is 44.0 Å². The summed E-state index contributed by atoms with van der Waals surface area (Å²) in [7, 11) is 1.90. The zero-order valence-corrected chi connectivity index (χ0v) is 17.3. The predicted octanol–water partition coefficient (Wildman–Crippen LogP) is 3.87. The molecule has 0 unspecified atom stereocenters. The number of thioether (sulfide) groups is 1. The van der Waals surface area contributed by atoms with Gasteiger partial charge in [-0.15, -0.1) is 10.2 Å². The summed E-state index contributed by atoms with van der Waals surface area (Å²) in [6, 6.07) is 8.02. The first-order valence-corrected chi connectivity index (χ1v) is 10.5. The van der Waals surface area contributed by atoms with Gasteiger partial charge in [0.1, 0.15) is 5.75 Å². The number of carbonyl (C=O) groups is 1. The van der Waals surface area contributed by atoms with Crippen LogP contribution >= 0.6 is 27.7 Å². The molecule has 140 valence electrons. The number of aromatic nitrogens is 3. The van der Waals surface area contributed by atoms with Crippen molar-refractivity contribution in [2.75, 3.05) is 5.75 Å². The Morgan fingerprint density at radius 1 is 1.35 bits per heavy atom. The minimum absolute atomic E-state index is 0.0608. The Morgan fingerprint density at radius 3 is 2.73 bits per heavy atom. The number of benzene rings is 1. The highest BCUT2D eigenvalue weighted by molar-refractivity contribution is 9.10. The Kier molecular flexibility index (Phi) is 6.58. The molecule has 6 nitrogen and oxygen atoms in total. The first kappa shape index (κ1) is 19.2. The summed E-state index contributed by atoms with van der Waals surface area (Å²) in [5, 5.41) is 12.2. The second-order valence-electron chi connectivity index (χ2n) is 6.45. The molecular weight excluding hydrogens is 416 g/mol. The van der Waals surface area contributed by atoms with Gasteiger partial charge in [0.2, 0.25) is 5.91 Å². The average molecular weight is 439 g/mol. The standard InChI is InChI=1S/C18H23BrN4O2S/c1-12(25-15-9-7-13(19)8-10-15)17-21-22-18(23(17)2)26-11-16(24)20-14-5-3-4-6-14/h7-10,12,14H,3-6,11H2,1-2H3,(H,20,24)/t12-/m1/s1. The van der Waals surface area contributed by atoms with Crippen LogP contribution in [0.15, 0.2) is 33.9 Å². The van der Waals surface area contributed by atoms with E-state index in [2.05, 4.69) is 31.4 Å². The van der Waals surface area contributed by atoms with Crippen LogP contribution in [0.4, 0.5) is 0 Å². The number of halogens is 1. The van der Waals surface area contributed by atoms with E-state index >= 15 is 0 Å². The lowest BCUT2D eigenvalue weighted by molar-refractivity contribution is -0.119. The van der Waals surface area contributed by atoms with E-state index in [1.807, 2.05) is 42.8 Å². The number of hydrogen-bond acceptors (Lipinski definition) is 5. The molecule has 1 N–H and O–H groups in total. The third-order valence-electron chi connectivity index (χ3n) is 4.41. The molecule has 1 amide bonds. The number of ether oxygens (including phenoxy) is 1. The van der Waals surface area contributed by atoms with Crippen molar-refractivity contribution in [3.63, 3.8) is 0 Å². The van der Waals surface area contributed by atoms with Crippen LogP contribution in [0.25, 0.3) is 0 Å². The predicted molar refractivity (Wildman–Crippen MR) is 105 cm³/mol. The normalized spacial score (nSPS) is 15.8. The van der Waals surface area contributed by atoms with Crippen LogP contribution in [-0.2, 0) is 11.8 Å². The molecule has 1 saturated carbocycles. The molecule has 0 radical (unpaired) electrons. The van der Waals surface area contributed by atoms with Crippen molar-refractivity contribution in [2.45, 2.75) is 49.9 Å². The highest BCUT2D eigenvalue weighted by Crippen LogP contribution is 2.25. The summed E-state index contributed by atoms with van der Waals surface area (Å²) in [5.74, 6) is 1.91. The highest BCUT2D eigenvalue weighted by atomic mass is 79.9. The van der Waals surface area contributed by atoms with E-state index in [0.29, 0.717) is 17.0 Å². The van der Waals surface area contributed by atoms with Gasteiger partial charge in [-0.2, -0.15) is 0 Å². The Balaban J connectivity index is 1.54. The molecule has 2 aromatic rings. The van der Waals surface area contributed by atoms with Crippen LogP contribution in [0.1, 0.15) is 44.5 Å². The van der Waals surface area contributed by atoms with Crippen molar-refractivity contribution in [3.05, 3.63) is 34.6 Å². The zero-order valence-electron chi connectivity index (χ0n) is 14.9. The fourth-order valence-corrected chi connectivity index (χ4v) is 4.04. The molecule has 1 heterocycles. The molecule has 0 spiro atoms. The van der Waals surface area contributed by atoms with E-state index in [4.69, 9.17) is 4.74 Å². The quantitative estimate of drug-likeness (QED) is 0.664. The molecule has 1 aromatic heterocycles. The van der Waals surface area contributed by atoms with Crippen LogP contribution < -0.4 is 10.1 Å². The molecule has 3 rings (SSSR count). The van der Waals surface area contributed by atoms with Crippen LogP contribution in [-0.4, -0.2) is 32.5 Å². The molecule has 1 aromatic carbocycles. The molecule has 1 aliphatic rings. The van der Waals surface area contributed by atoms with Crippen LogP contribution in [0.5, 0.6) is 5.75 Å². The monoisotopic (exact) mass is 438 g/mol. The van der Waals surface area contributed by atoms with Crippen molar-refractivity contribution in [1.82, 2.24) is 20.1 Å². The van der Waals surface area contributed by atoms with Gasteiger partial charge in [0.05, 0.1) is 5.75 Å². The topological polar surface area (TPSA) is 69.0 Å².